The van der Waals surface area contributed by atoms with Crippen molar-refractivity contribution >= 4 is 29.3 Å². The maximum absolute atomic E-state index is 12.3. The second-order valence-electron chi connectivity index (χ2n) is 6.01. The average molecular weight is 483 g/mol. The predicted molar refractivity (Wildman–Crippen MR) is 105 cm³/mol. The lowest BCUT2D eigenvalue weighted by Gasteiger charge is -2.10. The Morgan fingerprint density at radius 3 is 2.55 bits per heavy atom. The van der Waals surface area contributed by atoms with E-state index in [-0.39, 0.29) is 22.2 Å². The van der Waals surface area contributed by atoms with E-state index >= 15 is 0 Å². The molecule has 2 N–H and O–H groups in total. The van der Waals surface area contributed by atoms with Gasteiger partial charge in [-0.1, -0.05) is 17.8 Å². The van der Waals surface area contributed by atoms with Crippen molar-refractivity contribution < 1.29 is 32.4 Å². The first-order chi connectivity index (χ1) is 15.6. The molecule has 33 heavy (non-hydrogen) atoms. The number of tetrazole rings is 1. The zero-order chi connectivity index (χ0) is 24.0. The highest BCUT2D eigenvalue weighted by atomic mass is 32.2. The number of nitrogens with one attached hydrogen (secondary N) is 2. The van der Waals surface area contributed by atoms with Crippen molar-refractivity contribution in [2.45, 2.75) is 11.5 Å². The van der Waals surface area contributed by atoms with Crippen molar-refractivity contribution in [3.05, 3.63) is 64.2 Å². The Labute approximate surface area is 186 Å². The number of alkyl halides is 3. The second kappa shape index (κ2) is 9.94. The normalized spacial score (nSPS) is 11.0. The molecular weight excluding hydrogens is 471 g/mol. The van der Waals surface area contributed by atoms with Crippen molar-refractivity contribution in [1.29, 1.82) is 0 Å². The average Bonchev–Trinajstić information content (AvgIpc) is 3.24. The van der Waals surface area contributed by atoms with E-state index in [0.29, 0.717) is 5.69 Å². The van der Waals surface area contributed by atoms with Crippen LogP contribution in [0.4, 0.5) is 18.9 Å². The fourth-order valence-corrected chi connectivity index (χ4v) is 3.04. The van der Waals surface area contributed by atoms with Crippen LogP contribution in [0.15, 0.2) is 53.7 Å². The SMILES string of the molecule is O=C(CSc1nnnn1-c1ccc(OC(F)(F)F)cc1)NNC(=O)c1cccc([N+](=O)[O-])c1. The molecule has 2 aromatic carbocycles. The first-order valence-corrected chi connectivity index (χ1v) is 9.72. The summed E-state index contributed by atoms with van der Waals surface area (Å²) in [6, 6.07) is 9.67. The van der Waals surface area contributed by atoms with Crippen LogP contribution >= 0.6 is 11.8 Å². The van der Waals surface area contributed by atoms with Crippen molar-refractivity contribution in [3.8, 4) is 11.4 Å². The number of ether oxygens (including phenoxy) is 1. The van der Waals surface area contributed by atoms with Gasteiger partial charge >= 0.3 is 6.36 Å². The molecule has 0 aliphatic rings. The Bertz CT molecular complexity index is 1170. The van der Waals surface area contributed by atoms with E-state index < -0.39 is 28.8 Å². The van der Waals surface area contributed by atoms with E-state index in [4.69, 9.17) is 0 Å². The van der Waals surface area contributed by atoms with Crippen LogP contribution in [0.2, 0.25) is 0 Å². The van der Waals surface area contributed by atoms with Gasteiger partial charge in [0.1, 0.15) is 5.75 Å². The van der Waals surface area contributed by atoms with Gasteiger partial charge in [0.2, 0.25) is 11.1 Å². The van der Waals surface area contributed by atoms with Gasteiger partial charge in [-0.25, -0.2) is 0 Å². The molecule has 0 radical (unpaired) electrons. The van der Waals surface area contributed by atoms with E-state index in [1.54, 1.807) is 0 Å². The number of hydrogen-bond acceptors (Lipinski definition) is 9. The monoisotopic (exact) mass is 483 g/mol. The largest absolute Gasteiger partial charge is 0.573 e. The lowest BCUT2D eigenvalue weighted by Crippen LogP contribution is -2.42. The third-order valence-corrected chi connectivity index (χ3v) is 4.64. The summed E-state index contributed by atoms with van der Waals surface area (Å²) in [6.07, 6.45) is -4.82. The van der Waals surface area contributed by atoms with Crippen LogP contribution in [0.25, 0.3) is 5.69 Å². The molecule has 2 amide bonds. The van der Waals surface area contributed by atoms with Crippen LogP contribution in [0.3, 0.4) is 0 Å². The zero-order valence-electron chi connectivity index (χ0n) is 16.1. The van der Waals surface area contributed by atoms with Crippen molar-refractivity contribution in [1.82, 2.24) is 31.1 Å². The van der Waals surface area contributed by atoms with Gasteiger partial charge in [-0.3, -0.25) is 30.6 Å². The number of rotatable bonds is 7. The maximum Gasteiger partial charge on any atom is 0.573 e. The van der Waals surface area contributed by atoms with Gasteiger partial charge in [-0.05, 0) is 40.8 Å². The highest BCUT2D eigenvalue weighted by Crippen LogP contribution is 2.25. The maximum atomic E-state index is 12.3. The van der Waals surface area contributed by atoms with Gasteiger partial charge in [0, 0.05) is 17.7 Å². The quantitative estimate of drug-likeness (QED) is 0.292. The molecule has 3 rings (SSSR count). The molecule has 0 saturated heterocycles. The Hall–Kier alpha value is -4.21. The van der Waals surface area contributed by atoms with E-state index in [0.717, 1.165) is 30.0 Å². The number of carbonyl (C=O) groups excluding carboxylic acids is 2. The Morgan fingerprint density at radius 1 is 1.15 bits per heavy atom. The lowest BCUT2D eigenvalue weighted by atomic mass is 10.2. The van der Waals surface area contributed by atoms with E-state index in [2.05, 4.69) is 31.1 Å². The highest BCUT2D eigenvalue weighted by molar-refractivity contribution is 7.99. The second-order valence-corrected chi connectivity index (χ2v) is 6.96. The summed E-state index contributed by atoms with van der Waals surface area (Å²) < 4.78 is 41.8. The summed E-state index contributed by atoms with van der Waals surface area (Å²) in [5.41, 5.74) is 4.28. The fourth-order valence-electron chi connectivity index (χ4n) is 2.35. The molecule has 12 nitrogen and oxygen atoms in total. The molecule has 3 aromatic rings. The van der Waals surface area contributed by atoms with Crippen LogP contribution in [-0.2, 0) is 4.79 Å². The van der Waals surface area contributed by atoms with Gasteiger partial charge in [-0.15, -0.1) is 18.3 Å². The van der Waals surface area contributed by atoms with Crippen LogP contribution in [0.1, 0.15) is 10.4 Å². The smallest absolute Gasteiger partial charge is 0.406 e. The van der Waals surface area contributed by atoms with E-state index in [1.807, 2.05) is 0 Å². The first kappa shape index (κ1) is 23.5. The van der Waals surface area contributed by atoms with Crippen LogP contribution in [-0.4, -0.2) is 49.1 Å². The number of aromatic nitrogens is 4. The molecule has 1 heterocycles. The number of thioether (sulfide) groups is 1. The summed E-state index contributed by atoms with van der Waals surface area (Å²) in [4.78, 5) is 34.2. The third-order valence-electron chi connectivity index (χ3n) is 3.72. The molecule has 172 valence electrons. The standard InChI is InChI=1S/C17H12F3N7O5S/c18-17(19,20)32-13-6-4-11(5-7-13)26-16(23-24-25-26)33-9-14(28)21-22-15(29)10-2-1-3-12(8-10)27(30)31/h1-8H,9H2,(H,21,28)(H,22,29). The molecule has 0 fully saturated rings. The number of halogens is 3. The first-order valence-electron chi connectivity index (χ1n) is 8.73. The highest BCUT2D eigenvalue weighted by Gasteiger charge is 2.31. The van der Waals surface area contributed by atoms with Crippen LogP contribution in [0, 0.1) is 10.1 Å². The number of nitro groups is 1. The number of non-ortho nitro benzene ring substituents is 1. The van der Waals surface area contributed by atoms with Crippen molar-refractivity contribution in [2.24, 2.45) is 0 Å². The van der Waals surface area contributed by atoms with E-state index in [1.165, 1.54) is 35.0 Å². The number of hydrogen-bond donors (Lipinski definition) is 2. The van der Waals surface area contributed by atoms with Gasteiger partial charge in [-0.2, -0.15) is 4.68 Å². The lowest BCUT2D eigenvalue weighted by molar-refractivity contribution is -0.384. The molecule has 0 spiro atoms. The molecule has 0 aliphatic heterocycles. The minimum atomic E-state index is -4.82. The minimum absolute atomic E-state index is 0.0287. The van der Waals surface area contributed by atoms with Gasteiger partial charge in [0.15, 0.2) is 0 Å². The van der Waals surface area contributed by atoms with Crippen molar-refractivity contribution in [3.63, 3.8) is 0 Å². The van der Waals surface area contributed by atoms with Crippen molar-refractivity contribution in [2.75, 3.05) is 5.75 Å². The molecule has 0 saturated carbocycles. The molecule has 0 aliphatic carbocycles. The summed E-state index contributed by atoms with van der Waals surface area (Å²) in [5.74, 6) is -2.05. The third kappa shape index (κ3) is 6.63. The topological polar surface area (TPSA) is 154 Å². The number of nitro benzene ring substituents is 1. The zero-order valence-corrected chi connectivity index (χ0v) is 17.0. The minimum Gasteiger partial charge on any atom is -0.406 e. The van der Waals surface area contributed by atoms with Crippen LogP contribution in [0.5, 0.6) is 5.75 Å². The number of benzene rings is 2. The summed E-state index contributed by atoms with van der Waals surface area (Å²) in [5, 5.41) is 21.9. The van der Waals surface area contributed by atoms with Gasteiger partial charge in [0.25, 0.3) is 11.6 Å². The number of hydrazine groups is 1. The molecule has 16 heteroatoms. The van der Waals surface area contributed by atoms with Gasteiger partial charge in [0.05, 0.1) is 16.4 Å². The molecule has 0 bridgehead atoms. The Kier molecular flexibility index (Phi) is 7.07. The molecular formula is C17H12F3N7O5S. The summed E-state index contributed by atoms with van der Waals surface area (Å²) >= 11 is 0.888. The molecule has 0 atom stereocenters. The van der Waals surface area contributed by atoms with E-state index in [9.17, 15) is 32.9 Å². The molecule has 1 aromatic heterocycles. The van der Waals surface area contributed by atoms with Crippen LogP contribution < -0.4 is 15.6 Å². The number of nitrogens with zero attached hydrogens (tertiary/aromatic N) is 5. The number of amides is 2. The summed E-state index contributed by atoms with van der Waals surface area (Å²) in [7, 11) is 0. The summed E-state index contributed by atoms with van der Waals surface area (Å²) in [6.45, 7) is 0. The molecule has 0 unspecified atom stereocenters. The van der Waals surface area contributed by atoms with Gasteiger partial charge < -0.3 is 4.74 Å². The predicted octanol–water partition coefficient (Wildman–Crippen LogP) is 2.02. The fraction of sp³-hybridized carbons (Fsp3) is 0.118. The Balaban J connectivity index is 1.54. The Morgan fingerprint density at radius 2 is 1.88 bits per heavy atom. The number of carbonyl (C=O) groups is 2.